The first kappa shape index (κ1) is 9.55. The van der Waals surface area contributed by atoms with Gasteiger partial charge in [0.05, 0.1) is 5.02 Å². The van der Waals surface area contributed by atoms with Crippen LogP contribution in [-0.2, 0) is 0 Å². The van der Waals surface area contributed by atoms with Gasteiger partial charge in [0.1, 0.15) is 0 Å². The summed E-state index contributed by atoms with van der Waals surface area (Å²) in [6.45, 7) is -1.13. The maximum absolute atomic E-state index is 12.8. The lowest BCUT2D eigenvalue weighted by atomic mass is 10.3. The summed E-state index contributed by atoms with van der Waals surface area (Å²) < 4.78 is 28.8. The number of rotatable bonds is 2. The van der Waals surface area contributed by atoms with Gasteiger partial charge in [-0.3, -0.25) is 0 Å². The average Bonchev–Trinajstić information content (AvgIpc) is 1.96. The molecule has 0 amide bonds. The van der Waals surface area contributed by atoms with Gasteiger partial charge in [-0.05, 0) is 12.1 Å². The quantitative estimate of drug-likeness (QED) is 0.730. The molecule has 0 saturated heterocycles. The molecule has 1 nitrogen and oxygen atoms in total. The highest BCUT2D eigenvalue weighted by molar-refractivity contribution is 6.35. The highest BCUT2D eigenvalue weighted by Gasteiger charge is 2.09. The first-order valence-corrected chi connectivity index (χ1v) is 3.74. The van der Waals surface area contributed by atoms with E-state index < -0.39 is 12.7 Å². The predicted molar refractivity (Wildman–Crippen MR) is 43.0 cm³/mol. The van der Waals surface area contributed by atoms with Gasteiger partial charge in [0.25, 0.3) is 0 Å². The molecular weight excluding hydrogens is 209 g/mol. The second kappa shape index (κ2) is 3.92. The van der Waals surface area contributed by atoms with Crippen LogP contribution in [0.2, 0.25) is 10.0 Å². The minimum Gasteiger partial charge on any atom is -0.458 e. The second-order valence-electron chi connectivity index (χ2n) is 1.95. The molecule has 0 unspecified atom stereocenters. The zero-order valence-electron chi connectivity index (χ0n) is 5.78. The minimum absolute atomic E-state index is 0.0438. The van der Waals surface area contributed by atoms with E-state index in [2.05, 4.69) is 4.74 Å². The Balaban J connectivity index is 3.10. The van der Waals surface area contributed by atoms with Gasteiger partial charge in [-0.15, -0.1) is 0 Å². The van der Waals surface area contributed by atoms with Gasteiger partial charge in [-0.2, -0.15) is 0 Å². The maximum Gasteiger partial charge on any atom is 0.228 e. The van der Waals surface area contributed by atoms with Crippen LogP contribution in [0.4, 0.5) is 8.78 Å². The lowest BCUT2D eigenvalue weighted by Gasteiger charge is -2.04. The Morgan fingerprint density at radius 3 is 2.50 bits per heavy atom. The summed E-state index contributed by atoms with van der Waals surface area (Å²) in [5, 5.41) is 0.0985. The molecule has 66 valence electrons. The maximum atomic E-state index is 12.8. The molecule has 5 heteroatoms. The fraction of sp³-hybridized carbons (Fsp3) is 0.143. The zero-order chi connectivity index (χ0) is 9.14. The summed E-state index contributed by atoms with van der Waals surface area (Å²) in [5.74, 6) is -1.09. The van der Waals surface area contributed by atoms with Crippen molar-refractivity contribution in [1.29, 1.82) is 0 Å². The minimum atomic E-state index is -1.13. The Morgan fingerprint density at radius 2 is 2.00 bits per heavy atom. The van der Waals surface area contributed by atoms with Crippen LogP contribution in [0.15, 0.2) is 12.1 Å². The SMILES string of the molecule is FCOc1c(F)cc(Cl)cc1Cl. The Hall–Kier alpha value is -0.540. The van der Waals surface area contributed by atoms with Crippen molar-refractivity contribution in [3.05, 3.63) is 28.0 Å². The molecule has 0 radical (unpaired) electrons. The zero-order valence-corrected chi connectivity index (χ0v) is 7.29. The highest BCUT2D eigenvalue weighted by Crippen LogP contribution is 2.30. The monoisotopic (exact) mass is 212 g/mol. The number of hydrogen-bond acceptors (Lipinski definition) is 1. The van der Waals surface area contributed by atoms with E-state index in [9.17, 15) is 8.78 Å². The van der Waals surface area contributed by atoms with E-state index in [0.717, 1.165) is 6.07 Å². The van der Waals surface area contributed by atoms with Crippen molar-refractivity contribution < 1.29 is 13.5 Å². The van der Waals surface area contributed by atoms with Gasteiger partial charge in [-0.25, -0.2) is 8.78 Å². The Kier molecular flexibility index (Phi) is 3.12. The highest BCUT2D eigenvalue weighted by atomic mass is 35.5. The molecule has 1 rings (SSSR count). The van der Waals surface area contributed by atoms with Gasteiger partial charge >= 0.3 is 0 Å². The van der Waals surface area contributed by atoms with Crippen LogP contribution in [0.25, 0.3) is 0 Å². The largest absolute Gasteiger partial charge is 0.458 e. The second-order valence-corrected chi connectivity index (χ2v) is 2.80. The fourth-order valence-electron chi connectivity index (χ4n) is 0.721. The van der Waals surface area contributed by atoms with E-state index >= 15 is 0 Å². The van der Waals surface area contributed by atoms with E-state index in [-0.39, 0.29) is 15.8 Å². The van der Waals surface area contributed by atoms with Crippen LogP contribution < -0.4 is 4.74 Å². The Bertz CT molecular complexity index is 268. The first-order valence-electron chi connectivity index (χ1n) is 2.98. The lowest BCUT2D eigenvalue weighted by molar-refractivity contribution is 0.184. The summed E-state index contributed by atoms with van der Waals surface area (Å²) in [6.07, 6.45) is 0. The molecule has 0 aliphatic carbocycles. The van der Waals surface area contributed by atoms with Crippen LogP contribution in [0.3, 0.4) is 0 Å². The molecule has 0 atom stereocenters. The standard InChI is InChI=1S/C7H4Cl2F2O/c8-4-1-5(9)7(12-3-10)6(11)2-4/h1-2H,3H2. The summed E-state index contributed by atoms with van der Waals surface area (Å²) in [4.78, 5) is 0. The summed E-state index contributed by atoms with van der Waals surface area (Å²) in [6, 6.07) is 2.27. The Labute approximate surface area is 77.8 Å². The summed E-state index contributed by atoms with van der Waals surface area (Å²) in [7, 11) is 0. The molecule has 0 bridgehead atoms. The van der Waals surface area contributed by atoms with Crippen LogP contribution in [0.1, 0.15) is 0 Å². The van der Waals surface area contributed by atoms with Gasteiger partial charge < -0.3 is 4.74 Å². The summed E-state index contributed by atoms with van der Waals surface area (Å²) in [5.41, 5.74) is 0. The number of benzene rings is 1. The molecule has 0 N–H and O–H groups in total. The average molecular weight is 213 g/mol. The van der Waals surface area contributed by atoms with Crippen LogP contribution in [0.5, 0.6) is 5.75 Å². The molecule has 0 aromatic heterocycles. The topological polar surface area (TPSA) is 9.23 Å². The number of ether oxygens (including phenoxy) is 1. The molecule has 12 heavy (non-hydrogen) atoms. The van der Waals surface area contributed by atoms with Gasteiger partial charge in [0, 0.05) is 5.02 Å². The van der Waals surface area contributed by atoms with Gasteiger partial charge in [-0.1, -0.05) is 23.2 Å². The van der Waals surface area contributed by atoms with E-state index in [0.29, 0.717) is 0 Å². The van der Waals surface area contributed by atoms with E-state index in [4.69, 9.17) is 23.2 Å². The van der Waals surface area contributed by atoms with Gasteiger partial charge in [0.15, 0.2) is 11.6 Å². The molecule has 0 aliphatic rings. The lowest BCUT2D eigenvalue weighted by Crippen LogP contribution is -1.94. The predicted octanol–water partition coefficient (Wildman–Crippen LogP) is 3.44. The molecule has 0 fully saturated rings. The molecular formula is C7H4Cl2F2O. The molecule has 1 aromatic carbocycles. The van der Waals surface area contributed by atoms with Crippen molar-refractivity contribution in [2.24, 2.45) is 0 Å². The van der Waals surface area contributed by atoms with Crippen LogP contribution in [-0.4, -0.2) is 6.86 Å². The van der Waals surface area contributed by atoms with Crippen molar-refractivity contribution in [1.82, 2.24) is 0 Å². The van der Waals surface area contributed by atoms with Crippen LogP contribution >= 0.6 is 23.2 Å². The number of halogens is 4. The third kappa shape index (κ3) is 1.99. The summed E-state index contributed by atoms with van der Waals surface area (Å²) >= 11 is 10.9. The third-order valence-electron chi connectivity index (χ3n) is 1.16. The van der Waals surface area contributed by atoms with Crippen molar-refractivity contribution in [3.63, 3.8) is 0 Å². The number of hydrogen-bond donors (Lipinski definition) is 0. The first-order chi connectivity index (χ1) is 5.65. The van der Waals surface area contributed by atoms with E-state index in [1.54, 1.807) is 0 Å². The van der Waals surface area contributed by atoms with Gasteiger partial charge in [0.2, 0.25) is 6.86 Å². The molecule has 0 saturated carbocycles. The normalized spacial score (nSPS) is 10.0. The van der Waals surface area contributed by atoms with Crippen molar-refractivity contribution in [3.8, 4) is 5.75 Å². The molecule has 0 spiro atoms. The van der Waals surface area contributed by atoms with Crippen molar-refractivity contribution in [2.75, 3.05) is 6.86 Å². The van der Waals surface area contributed by atoms with Crippen molar-refractivity contribution in [2.45, 2.75) is 0 Å². The van der Waals surface area contributed by atoms with E-state index in [1.807, 2.05) is 0 Å². The van der Waals surface area contributed by atoms with Crippen LogP contribution in [0, 0.1) is 5.82 Å². The fourth-order valence-corrected chi connectivity index (χ4v) is 1.24. The van der Waals surface area contributed by atoms with E-state index in [1.165, 1.54) is 6.07 Å². The smallest absolute Gasteiger partial charge is 0.228 e. The number of alkyl halides is 1. The molecule has 0 aliphatic heterocycles. The van der Waals surface area contributed by atoms with Crippen molar-refractivity contribution >= 4 is 23.2 Å². The molecule has 0 heterocycles. The third-order valence-corrected chi connectivity index (χ3v) is 1.66. The Morgan fingerprint density at radius 1 is 1.33 bits per heavy atom. The molecule has 1 aromatic rings.